The van der Waals surface area contributed by atoms with Gasteiger partial charge in [-0.25, -0.2) is 26.3 Å². The van der Waals surface area contributed by atoms with Crippen LogP contribution in [0.2, 0.25) is 0 Å². The number of allylic oxidation sites excluding steroid dienone is 1. The van der Waals surface area contributed by atoms with E-state index in [2.05, 4.69) is 0 Å². The number of hydrogen-bond donors (Lipinski definition) is 0. The normalized spacial score (nSPS) is 12.1. The highest BCUT2D eigenvalue weighted by Crippen LogP contribution is 2.31. The summed E-state index contributed by atoms with van der Waals surface area (Å²) in [7, 11) is 0. The lowest BCUT2D eigenvalue weighted by atomic mass is 9.98. The molecule has 138 valence electrons. The van der Waals surface area contributed by atoms with Crippen molar-refractivity contribution in [2.24, 2.45) is 0 Å². The first-order chi connectivity index (χ1) is 12.8. The van der Waals surface area contributed by atoms with Crippen LogP contribution < -0.4 is 0 Å². The highest BCUT2D eigenvalue weighted by Gasteiger charge is 2.15. The molecule has 0 saturated carbocycles. The molecule has 6 heteroatoms. The molecule has 0 bridgehead atoms. The molecule has 3 aromatic carbocycles. The van der Waals surface area contributed by atoms with E-state index in [4.69, 9.17) is 0 Å². The molecule has 0 heterocycles. The van der Waals surface area contributed by atoms with Crippen LogP contribution in [-0.2, 0) is 0 Å². The Balaban J connectivity index is 1.97. The third kappa shape index (κ3) is 3.74. The molecule has 0 aliphatic heterocycles. The van der Waals surface area contributed by atoms with Crippen LogP contribution in [0.25, 0.3) is 28.1 Å². The summed E-state index contributed by atoms with van der Waals surface area (Å²) < 4.78 is 80.7. The van der Waals surface area contributed by atoms with Gasteiger partial charge in [0.2, 0.25) is 0 Å². The molecular weight excluding hydrogens is 366 g/mol. The molecule has 0 spiro atoms. The van der Waals surface area contributed by atoms with Gasteiger partial charge in [0, 0.05) is 11.1 Å². The van der Waals surface area contributed by atoms with Crippen molar-refractivity contribution in [3.63, 3.8) is 0 Å². The Morgan fingerprint density at radius 3 is 1.67 bits per heavy atom. The van der Waals surface area contributed by atoms with Crippen LogP contribution in [0.5, 0.6) is 0 Å². The van der Waals surface area contributed by atoms with Gasteiger partial charge in [-0.15, -0.1) is 0 Å². The van der Waals surface area contributed by atoms with Gasteiger partial charge in [0.15, 0.2) is 23.3 Å². The molecular formula is C21H12F6. The van der Waals surface area contributed by atoms with Gasteiger partial charge in [0.1, 0.15) is 11.6 Å². The lowest BCUT2D eigenvalue weighted by Crippen LogP contribution is -1.94. The molecule has 0 atom stereocenters. The maximum absolute atomic E-state index is 14.4. The molecule has 0 aromatic heterocycles. The summed E-state index contributed by atoms with van der Waals surface area (Å²) in [5.41, 5.74) is 0.761. The lowest BCUT2D eigenvalue weighted by molar-refractivity contribution is 0.447. The maximum Gasteiger partial charge on any atom is 0.194 e. The zero-order valence-electron chi connectivity index (χ0n) is 14.0. The third-order valence-corrected chi connectivity index (χ3v) is 4.04. The minimum absolute atomic E-state index is 0.0492. The van der Waals surface area contributed by atoms with Crippen LogP contribution in [-0.4, -0.2) is 0 Å². The average molecular weight is 378 g/mol. The predicted octanol–water partition coefficient (Wildman–Crippen LogP) is 7.20. The number of benzene rings is 3. The summed E-state index contributed by atoms with van der Waals surface area (Å²) in [5, 5.41) is 0. The summed E-state index contributed by atoms with van der Waals surface area (Å²) in [5.74, 6) is -7.15. The van der Waals surface area contributed by atoms with E-state index in [0.29, 0.717) is 23.3 Å². The number of rotatable bonds is 3. The minimum Gasteiger partial charge on any atom is -0.209 e. The van der Waals surface area contributed by atoms with Crippen LogP contribution in [0.1, 0.15) is 12.5 Å². The molecule has 3 aromatic rings. The second-order valence-corrected chi connectivity index (χ2v) is 5.87. The van der Waals surface area contributed by atoms with Crippen LogP contribution in [0.3, 0.4) is 0 Å². The fourth-order valence-corrected chi connectivity index (χ4v) is 2.65. The molecule has 0 nitrogen and oxygen atoms in total. The van der Waals surface area contributed by atoms with Crippen molar-refractivity contribution in [1.29, 1.82) is 0 Å². The molecule has 27 heavy (non-hydrogen) atoms. The topological polar surface area (TPSA) is 0 Å². The Hall–Kier alpha value is -3.02. The van der Waals surface area contributed by atoms with E-state index in [1.54, 1.807) is 0 Å². The predicted molar refractivity (Wildman–Crippen MR) is 92.0 cm³/mol. The van der Waals surface area contributed by atoms with Gasteiger partial charge in [0.25, 0.3) is 0 Å². The summed E-state index contributed by atoms with van der Waals surface area (Å²) in [4.78, 5) is 0. The Labute approximate surface area is 151 Å². The highest BCUT2D eigenvalue weighted by molar-refractivity contribution is 5.72. The molecule has 0 radical (unpaired) electrons. The van der Waals surface area contributed by atoms with Crippen molar-refractivity contribution in [3.05, 3.63) is 89.3 Å². The summed E-state index contributed by atoms with van der Waals surface area (Å²) in [6, 6.07) is 11.0. The summed E-state index contributed by atoms with van der Waals surface area (Å²) >= 11 is 0. The number of halogens is 6. The Morgan fingerprint density at radius 1 is 0.630 bits per heavy atom. The Kier molecular flexibility index (Phi) is 5.08. The van der Waals surface area contributed by atoms with Crippen molar-refractivity contribution in [2.75, 3.05) is 0 Å². The lowest BCUT2D eigenvalue weighted by Gasteiger charge is -2.09. The quantitative estimate of drug-likeness (QED) is 0.334. The second-order valence-electron chi connectivity index (χ2n) is 5.87. The first-order valence-corrected chi connectivity index (χ1v) is 7.85. The van der Waals surface area contributed by atoms with Crippen molar-refractivity contribution in [3.8, 4) is 22.3 Å². The van der Waals surface area contributed by atoms with Gasteiger partial charge in [-0.1, -0.05) is 36.4 Å². The maximum atomic E-state index is 14.4. The van der Waals surface area contributed by atoms with E-state index in [-0.39, 0.29) is 16.7 Å². The zero-order valence-corrected chi connectivity index (χ0v) is 14.0. The highest BCUT2D eigenvalue weighted by atomic mass is 19.2. The third-order valence-electron chi connectivity index (χ3n) is 4.04. The number of hydrogen-bond acceptors (Lipinski definition) is 0. The fourth-order valence-electron chi connectivity index (χ4n) is 2.65. The van der Waals surface area contributed by atoms with E-state index in [0.717, 1.165) is 13.0 Å². The fraction of sp³-hybridized carbons (Fsp3) is 0.0476. The minimum atomic E-state index is -1.62. The Morgan fingerprint density at radius 2 is 1.15 bits per heavy atom. The van der Waals surface area contributed by atoms with Crippen LogP contribution in [0.4, 0.5) is 26.3 Å². The van der Waals surface area contributed by atoms with E-state index in [9.17, 15) is 26.3 Å². The largest absolute Gasteiger partial charge is 0.209 e. The molecule has 0 amide bonds. The van der Waals surface area contributed by atoms with E-state index in [1.807, 2.05) is 0 Å². The monoisotopic (exact) mass is 378 g/mol. The van der Waals surface area contributed by atoms with Gasteiger partial charge in [-0.3, -0.25) is 0 Å². The first-order valence-electron chi connectivity index (χ1n) is 7.85. The van der Waals surface area contributed by atoms with Gasteiger partial charge in [0.05, 0.1) is 0 Å². The van der Waals surface area contributed by atoms with Crippen LogP contribution in [0.15, 0.2) is 60.4 Å². The van der Waals surface area contributed by atoms with E-state index >= 15 is 0 Å². The summed E-state index contributed by atoms with van der Waals surface area (Å²) in [6.07, 6.45) is 0. The van der Waals surface area contributed by atoms with Crippen LogP contribution in [0, 0.1) is 23.3 Å². The van der Waals surface area contributed by atoms with Crippen molar-refractivity contribution < 1.29 is 26.3 Å². The van der Waals surface area contributed by atoms with Gasteiger partial charge in [-0.2, -0.15) is 0 Å². The molecule has 0 aliphatic rings. The molecule has 3 rings (SSSR count). The van der Waals surface area contributed by atoms with Crippen molar-refractivity contribution in [2.45, 2.75) is 6.92 Å². The summed E-state index contributed by atoms with van der Waals surface area (Å²) in [6.45, 7) is 0.998. The van der Waals surface area contributed by atoms with Crippen molar-refractivity contribution in [1.82, 2.24) is 0 Å². The Bertz CT molecular complexity index is 1010. The smallest absolute Gasteiger partial charge is 0.194 e. The first kappa shape index (κ1) is 18.8. The van der Waals surface area contributed by atoms with E-state index < -0.39 is 34.9 Å². The molecule has 0 saturated heterocycles. The van der Waals surface area contributed by atoms with Gasteiger partial charge in [-0.05, 0) is 41.8 Å². The van der Waals surface area contributed by atoms with Gasteiger partial charge < -0.3 is 0 Å². The SMILES string of the molecule is C/C(F)=C(\F)c1ccc(-c2ccc(-c3cc(F)c(F)c(F)c3)c(F)c2)cc1. The molecule has 0 unspecified atom stereocenters. The molecule has 0 fully saturated rings. The van der Waals surface area contributed by atoms with Crippen LogP contribution >= 0.6 is 0 Å². The molecule has 0 aliphatic carbocycles. The zero-order chi connectivity index (χ0) is 19.7. The van der Waals surface area contributed by atoms with E-state index in [1.165, 1.54) is 36.4 Å². The van der Waals surface area contributed by atoms with Gasteiger partial charge >= 0.3 is 0 Å². The standard InChI is InChI=1S/C21H12F6/c1-11(22)20(26)13-4-2-12(3-5-13)14-6-7-16(17(23)8-14)15-9-18(24)21(27)19(25)10-15/h2-10H,1H3/b20-11+. The average Bonchev–Trinajstić information content (AvgIpc) is 2.65. The molecule has 0 N–H and O–H groups in total. The van der Waals surface area contributed by atoms with Crippen molar-refractivity contribution >= 4 is 5.83 Å². The second kappa shape index (κ2) is 7.31.